The molecule has 0 spiro atoms. The number of methoxy groups -OCH3 is 1. The van der Waals surface area contributed by atoms with Crippen LogP contribution in [0.4, 0.5) is 0 Å². The molecule has 0 atom stereocenters. The molecule has 0 saturated carbocycles. The first-order valence-corrected chi connectivity index (χ1v) is 10.6. The van der Waals surface area contributed by atoms with E-state index in [1.54, 1.807) is 13.3 Å². The number of rotatable bonds is 4. The van der Waals surface area contributed by atoms with Crippen LogP contribution < -0.4 is 4.74 Å². The molecule has 0 radical (unpaired) electrons. The van der Waals surface area contributed by atoms with E-state index < -0.39 is 0 Å². The fraction of sp³-hybridized carbons (Fsp3) is 0.120. The molecule has 162 valence electrons. The van der Waals surface area contributed by atoms with E-state index in [2.05, 4.69) is 19.9 Å². The van der Waals surface area contributed by atoms with Gasteiger partial charge in [0.1, 0.15) is 17.4 Å². The molecule has 8 heteroatoms. The van der Waals surface area contributed by atoms with Crippen molar-refractivity contribution in [3.63, 3.8) is 0 Å². The second kappa shape index (κ2) is 7.30. The Hall–Kier alpha value is -4.46. The van der Waals surface area contributed by atoms with Crippen molar-refractivity contribution in [1.82, 2.24) is 34.5 Å². The number of benzene rings is 1. The lowest BCUT2D eigenvalue weighted by Gasteiger charge is -2.05. The lowest BCUT2D eigenvalue weighted by Crippen LogP contribution is -1.96. The van der Waals surface area contributed by atoms with Gasteiger partial charge >= 0.3 is 0 Å². The monoisotopic (exact) mass is 435 g/mol. The number of ether oxygens (including phenoxy) is 1. The number of fused-ring (bicyclic) bond motifs is 2. The summed E-state index contributed by atoms with van der Waals surface area (Å²) in [5.41, 5.74) is 8.06. The van der Waals surface area contributed by atoms with Gasteiger partial charge in [0.25, 0.3) is 0 Å². The van der Waals surface area contributed by atoms with Crippen LogP contribution in [0.5, 0.6) is 5.75 Å². The average Bonchev–Trinajstić information content (AvgIpc) is 3.55. The van der Waals surface area contributed by atoms with E-state index >= 15 is 0 Å². The Labute approximate surface area is 189 Å². The van der Waals surface area contributed by atoms with Crippen molar-refractivity contribution >= 4 is 22.2 Å². The maximum Gasteiger partial charge on any atom is 0.178 e. The first kappa shape index (κ1) is 19.2. The maximum atomic E-state index is 5.40. The minimum Gasteiger partial charge on any atom is -0.497 e. The van der Waals surface area contributed by atoms with Gasteiger partial charge in [-0.05, 0) is 42.8 Å². The molecule has 1 aromatic carbocycles. The number of nitrogens with one attached hydrogen (secondary N) is 2. The minimum atomic E-state index is 0.651. The Kier molecular flexibility index (Phi) is 4.26. The smallest absolute Gasteiger partial charge is 0.178 e. The zero-order chi connectivity index (χ0) is 22.5. The number of imidazole rings is 2. The maximum absolute atomic E-state index is 5.40. The molecular weight excluding hydrogens is 414 g/mol. The van der Waals surface area contributed by atoms with E-state index in [9.17, 15) is 0 Å². The van der Waals surface area contributed by atoms with Gasteiger partial charge in [-0.15, -0.1) is 0 Å². The standard InChI is InChI=1S/C25H21N7O/c1-14-27-13-21(32(14)2)19-7-8-20-22(29-19)18(12-28-20)24-30-23-17(9-10-26-25(23)31-24)15-5-4-6-16(11-15)33-3/h4-13,28H,1-3H3,(H,26,30,31). The van der Waals surface area contributed by atoms with Gasteiger partial charge in [0, 0.05) is 25.0 Å². The topological polar surface area (TPSA) is 97.3 Å². The van der Waals surface area contributed by atoms with Crippen LogP contribution in [0.3, 0.4) is 0 Å². The molecule has 0 aliphatic heterocycles. The summed E-state index contributed by atoms with van der Waals surface area (Å²) in [6.45, 7) is 1.98. The van der Waals surface area contributed by atoms with Crippen LogP contribution in [0, 0.1) is 6.92 Å². The van der Waals surface area contributed by atoms with Gasteiger partial charge in [0.15, 0.2) is 5.65 Å². The summed E-state index contributed by atoms with van der Waals surface area (Å²) in [7, 11) is 3.66. The number of hydrogen-bond acceptors (Lipinski definition) is 5. The van der Waals surface area contributed by atoms with Crippen molar-refractivity contribution in [2.75, 3.05) is 7.11 Å². The highest BCUT2D eigenvalue weighted by Crippen LogP contribution is 2.33. The van der Waals surface area contributed by atoms with Crippen molar-refractivity contribution < 1.29 is 4.74 Å². The third kappa shape index (κ3) is 3.07. The van der Waals surface area contributed by atoms with Crippen LogP contribution in [-0.2, 0) is 7.05 Å². The van der Waals surface area contributed by atoms with Gasteiger partial charge in [-0.25, -0.2) is 19.9 Å². The second-order valence-corrected chi connectivity index (χ2v) is 7.92. The Balaban J connectivity index is 1.50. The third-order valence-corrected chi connectivity index (χ3v) is 6.03. The SMILES string of the molecule is COc1cccc(-c2ccnc3nc(-c4c[nH]c5ccc(-c6cnc(C)n6C)nc45)[nH]c23)c1. The van der Waals surface area contributed by atoms with Gasteiger partial charge in [-0.3, -0.25) is 0 Å². The number of aryl methyl sites for hydroxylation is 1. The molecule has 8 nitrogen and oxygen atoms in total. The molecule has 5 aromatic heterocycles. The van der Waals surface area contributed by atoms with Crippen LogP contribution in [0.15, 0.2) is 61.1 Å². The highest BCUT2D eigenvalue weighted by Gasteiger charge is 2.17. The van der Waals surface area contributed by atoms with E-state index in [4.69, 9.17) is 14.7 Å². The number of hydrogen-bond donors (Lipinski definition) is 2. The van der Waals surface area contributed by atoms with Crippen LogP contribution in [0.2, 0.25) is 0 Å². The Bertz CT molecular complexity index is 1640. The van der Waals surface area contributed by atoms with Crippen molar-refractivity contribution in [2.45, 2.75) is 6.92 Å². The van der Waals surface area contributed by atoms with Crippen molar-refractivity contribution in [3.8, 4) is 39.7 Å². The zero-order valence-electron chi connectivity index (χ0n) is 18.4. The highest BCUT2D eigenvalue weighted by molar-refractivity contribution is 5.96. The molecule has 5 heterocycles. The summed E-state index contributed by atoms with van der Waals surface area (Å²) < 4.78 is 7.43. The van der Waals surface area contributed by atoms with Crippen molar-refractivity contribution in [3.05, 3.63) is 66.9 Å². The zero-order valence-corrected chi connectivity index (χ0v) is 18.4. The molecule has 0 bridgehead atoms. The molecule has 6 rings (SSSR count). The minimum absolute atomic E-state index is 0.651. The molecule has 0 fully saturated rings. The summed E-state index contributed by atoms with van der Waals surface area (Å²) in [6.07, 6.45) is 5.55. The van der Waals surface area contributed by atoms with Gasteiger partial charge in [-0.2, -0.15) is 0 Å². The molecular formula is C25H21N7O. The molecule has 0 amide bonds. The van der Waals surface area contributed by atoms with Gasteiger partial charge < -0.3 is 19.3 Å². The lowest BCUT2D eigenvalue weighted by molar-refractivity contribution is 0.415. The molecule has 0 aliphatic carbocycles. The van der Waals surface area contributed by atoms with E-state index in [0.717, 1.165) is 56.2 Å². The van der Waals surface area contributed by atoms with Crippen LogP contribution in [-0.4, -0.2) is 41.6 Å². The van der Waals surface area contributed by atoms with E-state index in [-0.39, 0.29) is 0 Å². The van der Waals surface area contributed by atoms with Gasteiger partial charge in [0.05, 0.1) is 46.8 Å². The van der Waals surface area contributed by atoms with Gasteiger partial charge in [0.2, 0.25) is 0 Å². The largest absolute Gasteiger partial charge is 0.497 e. The van der Waals surface area contributed by atoms with Crippen LogP contribution in [0.25, 0.3) is 56.1 Å². The van der Waals surface area contributed by atoms with Crippen LogP contribution >= 0.6 is 0 Å². The third-order valence-electron chi connectivity index (χ3n) is 6.03. The molecule has 0 saturated heterocycles. The molecule has 0 aliphatic rings. The molecule has 33 heavy (non-hydrogen) atoms. The summed E-state index contributed by atoms with van der Waals surface area (Å²) in [5.74, 6) is 2.45. The predicted octanol–water partition coefficient (Wildman–Crippen LogP) is 4.89. The average molecular weight is 435 g/mol. The Morgan fingerprint density at radius 2 is 1.91 bits per heavy atom. The normalized spacial score (nSPS) is 11.5. The fourth-order valence-electron chi connectivity index (χ4n) is 4.13. The Morgan fingerprint density at radius 3 is 2.73 bits per heavy atom. The van der Waals surface area contributed by atoms with Crippen molar-refractivity contribution in [1.29, 1.82) is 0 Å². The number of aromatic amines is 2. The summed E-state index contributed by atoms with van der Waals surface area (Å²) in [5, 5.41) is 0. The highest BCUT2D eigenvalue weighted by atomic mass is 16.5. The second-order valence-electron chi connectivity index (χ2n) is 7.92. The van der Waals surface area contributed by atoms with E-state index in [1.165, 1.54) is 0 Å². The summed E-state index contributed by atoms with van der Waals surface area (Å²) in [4.78, 5) is 25.4. The first-order valence-electron chi connectivity index (χ1n) is 10.6. The summed E-state index contributed by atoms with van der Waals surface area (Å²) >= 11 is 0. The molecule has 6 aromatic rings. The Morgan fingerprint density at radius 1 is 1.00 bits per heavy atom. The first-order chi connectivity index (χ1) is 16.1. The number of nitrogens with zero attached hydrogens (tertiary/aromatic N) is 5. The quantitative estimate of drug-likeness (QED) is 0.411. The predicted molar refractivity (Wildman–Crippen MR) is 128 cm³/mol. The van der Waals surface area contributed by atoms with Gasteiger partial charge in [-0.1, -0.05) is 12.1 Å². The molecule has 2 N–H and O–H groups in total. The molecule has 0 unspecified atom stereocenters. The number of pyridine rings is 2. The number of aromatic nitrogens is 7. The van der Waals surface area contributed by atoms with Crippen LogP contribution in [0.1, 0.15) is 5.82 Å². The fourth-order valence-corrected chi connectivity index (χ4v) is 4.13. The lowest BCUT2D eigenvalue weighted by atomic mass is 10.1. The summed E-state index contributed by atoms with van der Waals surface area (Å²) in [6, 6.07) is 14.0. The van der Waals surface area contributed by atoms with Crippen molar-refractivity contribution in [2.24, 2.45) is 7.05 Å². The number of H-pyrrole nitrogens is 2. The van der Waals surface area contributed by atoms with E-state index in [1.807, 2.05) is 73.4 Å². The van der Waals surface area contributed by atoms with E-state index in [0.29, 0.717) is 11.5 Å².